The van der Waals surface area contributed by atoms with Gasteiger partial charge in [-0.3, -0.25) is 9.59 Å². The van der Waals surface area contributed by atoms with Gasteiger partial charge in [0.05, 0.1) is 30.3 Å². The number of pyridine rings is 1. The molecule has 0 atom stereocenters. The van der Waals surface area contributed by atoms with Gasteiger partial charge in [0.15, 0.2) is 5.65 Å². The van der Waals surface area contributed by atoms with E-state index in [4.69, 9.17) is 4.74 Å². The van der Waals surface area contributed by atoms with Crippen molar-refractivity contribution in [2.75, 3.05) is 19.7 Å². The Kier molecular flexibility index (Phi) is 6.40. The summed E-state index contributed by atoms with van der Waals surface area (Å²) in [5, 5.41) is 6.49. The molecule has 0 aliphatic rings. The Morgan fingerprint density at radius 3 is 2.73 bits per heavy atom. The van der Waals surface area contributed by atoms with Crippen LogP contribution in [-0.4, -0.2) is 57.4 Å². The van der Waals surface area contributed by atoms with Crippen molar-refractivity contribution in [3.63, 3.8) is 0 Å². The molecule has 0 unspecified atom stereocenters. The van der Waals surface area contributed by atoms with Crippen molar-refractivity contribution in [3.8, 4) is 0 Å². The summed E-state index contributed by atoms with van der Waals surface area (Å²) in [5.41, 5.74) is 0.834. The van der Waals surface area contributed by atoms with Crippen LogP contribution in [-0.2, 0) is 16.1 Å². The molecule has 7 nitrogen and oxygen atoms in total. The first-order valence-electron chi connectivity index (χ1n) is 9.05. The molecule has 30 heavy (non-hydrogen) atoms. The first-order valence-corrected chi connectivity index (χ1v) is 9.93. The van der Waals surface area contributed by atoms with Gasteiger partial charge in [0, 0.05) is 10.6 Å². The van der Waals surface area contributed by atoms with Gasteiger partial charge in [-0.1, -0.05) is 6.07 Å². The van der Waals surface area contributed by atoms with E-state index in [2.05, 4.69) is 10.1 Å². The minimum absolute atomic E-state index is 0.000975. The van der Waals surface area contributed by atoms with E-state index in [1.807, 2.05) is 17.5 Å². The number of hydrogen-bond acceptors (Lipinski definition) is 6. The van der Waals surface area contributed by atoms with Gasteiger partial charge in [-0.15, -0.1) is 11.3 Å². The van der Waals surface area contributed by atoms with E-state index in [1.165, 1.54) is 30.5 Å². The van der Waals surface area contributed by atoms with Crippen molar-refractivity contribution < 1.29 is 27.5 Å². The molecule has 0 radical (unpaired) electrons. The minimum atomic E-state index is -4.67. The topological polar surface area (TPSA) is 77.3 Å². The molecule has 3 aromatic rings. The van der Waals surface area contributed by atoms with Gasteiger partial charge in [-0.05, 0) is 31.4 Å². The predicted octanol–water partition coefficient (Wildman–Crippen LogP) is 3.42. The maximum atomic E-state index is 13.1. The molecule has 0 spiro atoms. The number of aromatic nitrogens is 3. The highest BCUT2D eigenvalue weighted by molar-refractivity contribution is 7.09. The second kappa shape index (κ2) is 8.82. The van der Waals surface area contributed by atoms with Gasteiger partial charge in [-0.25, -0.2) is 9.67 Å². The second-order valence-corrected chi connectivity index (χ2v) is 7.54. The standard InChI is InChI=1S/C19H19F3N4O3S/c1-3-29-16(27)10-25(11-19(20,21)22)18(28)14-7-12(2)24-17-15(14)8-23-26(17)9-13-5-4-6-30-13/h4-8H,3,9-11H2,1-2H3. The van der Waals surface area contributed by atoms with E-state index in [0.717, 1.165) is 4.88 Å². The molecule has 3 heterocycles. The van der Waals surface area contributed by atoms with Crippen LogP contribution in [0.3, 0.4) is 0 Å². The molecule has 0 bridgehead atoms. The summed E-state index contributed by atoms with van der Waals surface area (Å²) < 4.78 is 45.5. The number of ether oxygens (including phenoxy) is 1. The summed E-state index contributed by atoms with van der Waals surface area (Å²) in [4.78, 5) is 30.6. The molecular formula is C19H19F3N4O3S. The second-order valence-electron chi connectivity index (χ2n) is 6.51. The van der Waals surface area contributed by atoms with E-state index in [1.54, 1.807) is 11.6 Å². The molecule has 0 saturated heterocycles. The summed E-state index contributed by atoms with van der Waals surface area (Å²) in [5.74, 6) is -1.85. The Labute approximate surface area is 174 Å². The summed E-state index contributed by atoms with van der Waals surface area (Å²) in [7, 11) is 0. The van der Waals surface area contributed by atoms with E-state index >= 15 is 0 Å². The average molecular weight is 440 g/mol. The Hall–Kier alpha value is -2.95. The molecule has 0 fully saturated rings. The maximum Gasteiger partial charge on any atom is 0.406 e. The number of carbonyl (C=O) groups excluding carboxylic acids is 2. The number of rotatable bonds is 7. The average Bonchev–Trinajstić information content (AvgIpc) is 3.30. The molecule has 0 N–H and O–H groups in total. The molecule has 0 aliphatic carbocycles. The van der Waals surface area contributed by atoms with Crippen LogP contribution in [0.1, 0.15) is 27.9 Å². The normalized spacial score (nSPS) is 11.6. The van der Waals surface area contributed by atoms with E-state index in [9.17, 15) is 22.8 Å². The third-order valence-electron chi connectivity index (χ3n) is 4.14. The van der Waals surface area contributed by atoms with Crippen LogP contribution in [0.2, 0.25) is 0 Å². The lowest BCUT2D eigenvalue weighted by Gasteiger charge is -2.23. The van der Waals surface area contributed by atoms with Crippen molar-refractivity contribution in [3.05, 3.63) is 45.9 Å². The van der Waals surface area contributed by atoms with Crippen LogP contribution in [0.15, 0.2) is 29.8 Å². The van der Waals surface area contributed by atoms with Crippen molar-refractivity contribution >= 4 is 34.2 Å². The molecule has 3 rings (SSSR count). The Balaban J connectivity index is 1.98. The first-order chi connectivity index (χ1) is 14.2. The number of thiophene rings is 1. The Morgan fingerprint density at radius 1 is 1.33 bits per heavy atom. The molecule has 1 amide bonds. The third-order valence-corrected chi connectivity index (χ3v) is 5.00. The minimum Gasteiger partial charge on any atom is -0.465 e. The number of aryl methyl sites for hydroxylation is 1. The lowest BCUT2D eigenvalue weighted by Crippen LogP contribution is -2.42. The highest BCUT2D eigenvalue weighted by Gasteiger charge is 2.35. The van der Waals surface area contributed by atoms with Crippen molar-refractivity contribution in [1.82, 2.24) is 19.7 Å². The predicted molar refractivity (Wildman–Crippen MR) is 104 cm³/mol. The van der Waals surface area contributed by atoms with Gasteiger partial charge < -0.3 is 9.64 Å². The Bertz CT molecular complexity index is 1050. The molecule has 0 aromatic carbocycles. The highest BCUT2D eigenvalue weighted by atomic mass is 32.1. The zero-order valence-electron chi connectivity index (χ0n) is 16.3. The van der Waals surface area contributed by atoms with Crippen LogP contribution in [0, 0.1) is 6.92 Å². The van der Waals surface area contributed by atoms with E-state index < -0.39 is 31.1 Å². The van der Waals surface area contributed by atoms with Gasteiger partial charge >= 0.3 is 12.1 Å². The maximum absolute atomic E-state index is 13.1. The van der Waals surface area contributed by atoms with Gasteiger partial charge in [0.1, 0.15) is 13.1 Å². The van der Waals surface area contributed by atoms with E-state index in [-0.39, 0.29) is 12.2 Å². The summed E-state index contributed by atoms with van der Waals surface area (Å²) in [6.45, 7) is 1.21. The van der Waals surface area contributed by atoms with Gasteiger partial charge in [0.2, 0.25) is 0 Å². The SMILES string of the molecule is CCOC(=O)CN(CC(F)(F)F)C(=O)c1cc(C)nc2c1cnn2Cc1cccs1. The largest absolute Gasteiger partial charge is 0.465 e. The number of alkyl halides is 3. The fourth-order valence-corrected chi connectivity index (χ4v) is 3.65. The number of carbonyl (C=O) groups is 2. The fraction of sp³-hybridized carbons (Fsp3) is 0.368. The Morgan fingerprint density at radius 2 is 2.10 bits per heavy atom. The molecular weight excluding hydrogens is 421 g/mol. The third kappa shape index (κ3) is 5.15. The monoisotopic (exact) mass is 440 g/mol. The van der Waals surface area contributed by atoms with Crippen LogP contribution in [0.4, 0.5) is 13.2 Å². The quantitative estimate of drug-likeness (QED) is 0.526. The van der Waals surface area contributed by atoms with Gasteiger partial charge in [-0.2, -0.15) is 18.3 Å². The number of esters is 1. The zero-order valence-corrected chi connectivity index (χ0v) is 17.1. The fourth-order valence-electron chi connectivity index (χ4n) is 2.96. The molecule has 0 saturated carbocycles. The van der Waals surface area contributed by atoms with Crippen molar-refractivity contribution in [2.45, 2.75) is 26.6 Å². The van der Waals surface area contributed by atoms with Crippen molar-refractivity contribution in [2.24, 2.45) is 0 Å². The molecule has 0 aliphatic heterocycles. The van der Waals surface area contributed by atoms with E-state index in [0.29, 0.717) is 28.2 Å². The lowest BCUT2D eigenvalue weighted by molar-refractivity contribution is -0.153. The zero-order chi connectivity index (χ0) is 21.9. The smallest absolute Gasteiger partial charge is 0.406 e. The summed E-state index contributed by atoms with van der Waals surface area (Å²) in [6.07, 6.45) is -3.27. The van der Waals surface area contributed by atoms with Crippen LogP contribution in [0.5, 0.6) is 0 Å². The van der Waals surface area contributed by atoms with Crippen LogP contribution in [0.25, 0.3) is 11.0 Å². The lowest BCUT2D eigenvalue weighted by atomic mass is 10.1. The first kappa shape index (κ1) is 21.8. The number of hydrogen-bond donors (Lipinski definition) is 0. The number of fused-ring (bicyclic) bond motifs is 1. The number of halogens is 3. The number of nitrogens with zero attached hydrogens (tertiary/aromatic N) is 4. The molecule has 3 aromatic heterocycles. The molecule has 160 valence electrons. The van der Waals surface area contributed by atoms with Crippen LogP contribution >= 0.6 is 11.3 Å². The molecule has 11 heteroatoms. The van der Waals surface area contributed by atoms with Crippen molar-refractivity contribution in [1.29, 1.82) is 0 Å². The summed E-state index contributed by atoms with van der Waals surface area (Å²) >= 11 is 1.53. The van der Waals surface area contributed by atoms with Gasteiger partial charge in [0.25, 0.3) is 5.91 Å². The highest BCUT2D eigenvalue weighted by Crippen LogP contribution is 2.24. The van der Waals surface area contributed by atoms with Crippen LogP contribution < -0.4 is 0 Å². The number of amides is 1. The summed E-state index contributed by atoms with van der Waals surface area (Å²) in [6, 6.07) is 5.21.